The van der Waals surface area contributed by atoms with Crippen molar-refractivity contribution in [3.05, 3.63) is 0 Å². The van der Waals surface area contributed by atoms with E-state index in [4.69, 9.17) is 5.11 Å². The first-order valence-electron chi connectivity index (χ1n) is 6.95. The summed E-state index contributed by atoms with van der Waals surface area (Å²) in [6.45, 7) is 4.69. The van der Waals surface area contributed by atoms with Crippen LogP contribution in [0.25, 0.3) is 0 Å². The van der Waals surface area contributed by atoms with Crippen LogP contribution in [0.3, 0.4) is 0 Å². The molecule has 1 unspecified atom stereocenters. The highest BCUT2D eigenvalue weighted by molar-refractivity contribution is 4.80. The molecule has 0 amide bonds. The van der Waals surface area contributed by atoms with Gasteiger partial charge in [0.2, 0.25) is 0 Å². The van der Waals surface area contributed by atoms with Crippen LogP contribution < -0.4 is 5.32 Å². The first-order chi connectivity index (χ1) is 7.88. The summed E-state index contributed by atoms with van der Waals surface area (Å²) in [6.07, 6.45) is 8.27. The van der Waals surface area contributed by atoms with E-state index < -0.39 is 0 Å². The highest BCUT2D eigenvalue weighted by atomic mass is 16.3. The third-order valence-corrected chi connectivity index (χ3v) is 4.05. The van der Waals surface area contributed by atoms with Gasteiger partial charge in [0.25, 0.3) is 0 Å². The molecule has 2 fully saturated rings. The van der Waals surface area contributed by atoms with Crippen molar-refractivity contribution in [1.29, 1.82) is 0 Å². The summed E-state index contributed by atoms with van der Waals surface area (Å²) in [5, 5.41) is 12.7. The number of nitrogens with zero attached hydrogens (tertiary/aromatic N) is 1. The van der Waals surface area contributed by atoms with Crippen molar-refractivity contribution in [2.45, 2.75) is 44.6 Å². The molecule has 0 spiro atoms. The summed E-state index contributed by atoms with van der Waals surface area (Å²) in [7, 11) is 0. The Labute approximate surface area is 99.2 Å². The number of nitrogens with one attached hydrogen (secondary N) is 1. The second-order valence-corrected chi connectivity index (χ2v) is 5.43. The van der Waals surface area contributed by atoms with Gasteiger partial charge in [-0.3, -0.25) is 4.90 Å². The van der Waals surface area contributed by atoms with Crippen LogP contribution in [0.15, 0.2) is 0 Å². The monoisotopic (exact) mass is 226 g/mol. The summed E-state index contributed by atoms with van der Waals surface area (Å²) < 4.78 is 0. The summed E-state index contributed by atoms with van der Waals surface area (Å²) in [5.74, 6) is 0.896. The Kier molecular flexibility index (Phi) is 5.07. The predicted molar refractivity (Wildman–Crippen MR) is 66.5 cm³/mol. The fourth-order valence-electron chi connectivity index (χ4n) is 3.18. The zero-order valence-corrected chi connectivity index (χ0v) is 10.3. The number of rotatable bonds is 6. The van der Waals surface area contributed by atoms with E-state index in [2.05, 4.69) is 10.2 Å². The van der Waals surface area contributed by atoms with E-state index in [0.717, 1.165) is 19.0 Å². The minimum Gasteiger partial charge on any atom is -0.395 e. The number of hydrogen-bond donors (Lipinski definition) is 2. The van der Waals surface area contributed by atoms with Crippen LogP contribution in [-0.4, -0.2) is 48.8 Å². The summed E-state index contributed by atoms with van der Waals surface area (Å²) >= 11 is 0. The van der Waals surface area contributed by atoms with E-state index in [1.54, 1.807) is 0 Å². The Balaban J connectivity index is 1.73. The van der Waals surface area contributed by atoms with Crippen molar-refractivity contribution >= 4 is 0 Å². The molecule has 3 heteroatoms. The van der Waals surface area contributed by atoms with Gasteiger partial charge in [0.1, 0.15) is 0 Å². The van der Waals surface area contributed by atoms with E-state index in [1.807, 2.05) is 0 Å². The van der Waals surface area contributed by atoms with Gasteiger partial charge in [-0.25, -0.2) is 0 Å². The van der Waals surface area contributed by atoms with Crippen LogP contribution in [0.4, 0.5) is 0 Å². The topological polar surface area (TPSA) is 35.5 Å². The number of aliphatic hydroxyl groups excluding tert-OH is 1. The Bertz CT molecular complexity index is 168. The maximum atomic E-state index is 9.12. The highest BCUT2D eigenvalue weighted by Gasteiger charge is 2.22. The molecule has 1 saturated heterocycles. The lowest BCUT2D eigenvalue weighted by molar-refractivity contribution is 0.165. The third kappa shape index (κ3) is 3.72. The zero-order valence-electron chi connectivity index (χ0n) is 10.3. The quantitative estimate of drug-likeness (QED) is 0.715. The molecule has 0 aromatic carbocycles. The fraction of sp³-hybridized carbons (Fsp3) is 1.00. The molecule has 2 N–H and O–H groups in total. The van der Waals surface area contributed by atoms with E-state index in [-0.39, 0.29) is 0 Å². The van der Waals surface area contributed by atoms with Crippen molar-refractivity contribution in [3.63, 3.8) is 0 Å². The van der Waals surface area contributed by atoms with Crippen LogP contribution in [-0.2, 0) is 0 Å². The molecule has 1 aliphatic heterocycles. The molecular formula is C13H26N2O. The highest BCUT2D eigenvalue weighted by Crippen LogP contribution is 2.25. The van der Waals surface area contributed by atoms with Gasteiger partial charge < -0.3 is 10.4 Å². The second kappa shape index (κ2) is 6.58. The van der Waals surface area contributed by atoms with Gasteiger partial charge in [-0.1, -0.05) is 12.8 Å². The van der Waals surface area contributed by atoms with Gasteiger partial charge in [-0.15, -0.1) is 0 Å². The molecule has 94 valence electrons. The zero-order chi connectivity index (χ0) is 11.2. The molecule has 0 radical (unpaired) electrons. The average Bonchev–Trinajstić information content (AvgIpc) is 2.91. The van der Waals surface area contributed by atoms with Gasteiger partial charge in [-0.05, 0) is 38.1 Å². The Morgan fingerprint density at radius 2 is 1.88 bits per heavy atom. The molecule has 1 aliphatic carbocycles. The fourth-order valence-corrected chi connectivity index (χ4v) is 3.18. The lowest BCUT2D eigenvalue weighted by Crippen LogP contribution is -2.41. The van der Waals surface area contributed by atoms with Gasteiger partial charge in [0.05, 0.1) is 6.61 Å². The molecule has 1 atom stereocenters. The second-order valence-electron chi connectivity index (χ2n) is 5.43. The molecule has 1 saturated carbocycles. The Morgan fingerprint density at radius 1 is 1.06 bits per heavy atom. The lowest BCUT2D eigenvalue weighted by atomic mass is 10.1. The molecule has 0 aromatic rings. The van der Waals surface area contributed by atoms with Crippen LogP contribution in [0.2, 0.25) is 0 Å². The van der Waals surface area contributed by atoms with E-state index in [9.17, 15) is 0 Å². The van der Waals surface area contributed by atoms with Crippen molar-refractivity contribution < 1.29 is 5.11 Å². The Hall–Kier alpha value is -0.120. The first kappa shape index (κ1) is 12.3. The predicted octanol–water partition coefficient (Wildman–Crippen LogP) is 1.22. The maximum Gasteiger partial charge on any atom is 0.0558 e. The molecule has 1 heterocycles. The van der Waals surface area contributed by atoms with Crippen LogP contribution in [0.1, 0.15) is 38.5 Å². The van der Waals surface area contributed by atoms with Gasteiger partial charge in [0.15, 0.2) is 0 Å². The number of aliphatic hydroxyl groups is 1. The summed E-state index contributed by atoms with van der Waals surface area (Å²) in [5.41, 5.74) is 0. The normalized spacial score (nSPS) is 27.0. The maximum absolute atomic E-state index is 9.12. The third-order valence-electron chi connectivity index (χ3n) is 4.05. The molecular weight excluding hydrogens is 200 g/mol. The van der Waals surface area contributed by atoms with Crippen LogP contribution in [0, 0.1) is 5.92 Å². The molecule has 0 bridgehead atoms. The molecule has 3 nitrogen and oxygen atoms in total. The summed E-state index contributed by atoms with van der Waals surface area (Å²) in [4.78, 5) is 2.47. The van der Waals surface area contributed by atoms with Crippen LogP contribution >= 0.6 is 0 Å². The first-order valence-corrected chi connectivity index (χ1v) is 6.95. The van der Waals surface area contributed by atoms with Crippen molar-refractivity contribution in [2.75, 3.05) is 32.8 Å². The number of hydrogen-bond acceptors (Lipinski definition) is 3. The molecule has 2 aliphatic rings. The Morgan fingerprint density at radius 3 is 2.50 bits per heavy atom. The van der Waals surface area contributed by atoms with Crippen molar-refractivity contribution in [3.8, 4) is 0 Å². The lowest BCUT2D eigenvalue weighted by Gasteiger charge is -2.27. The minimum absolute atomic E-state index is 0.305. The van der Waals surface area contributed by atoms with E-state index >= 15 is 0 Å². The van der Waals surface area contributed by atoms with Crippen LogP contribution in [0.5, 0.6) is 0 Å². The molecule has 16 heavy (non-hydrogen) atoms. The average molecular weight is 226 g/mol. The van der Waals surface area contributed by atoms with Crippen molar-refractivity contribution in [1.82, 2.24) is 10.2 Å². The van der Waals surface area contributed by atoms with Gasteiger partial charge in [-0.2, -0.15) is 0 Å². The largest absolute Gasteiger partial charge is 0.395 e. The smallest absolute Gasteiger partial charge is 0.0558 e. The minimum atomic E-state index is 0.305. The molecule has 0 aromatic heterocycles. The standard InChI is InChI=1S/C13H26N2O/c16-9-8-15(10-12-4-1-2-5-12)11-13-6-3-7-14-13/h12-14,16H,1-11H2. The van der Waals surface area contributed by atoms with E-state index in [0.29, 0.717) is 12.6 Å². The van der Waals surface area contributed by atoms with E-state index in [1.165, 1.54) is 51.6 Å². The molecule has 2 rings (SSSR count). The van der Waals surface area contributed by atoms with Gasteiger partial charge in [0, 0.05) is 25.7 Å². The van der Waals surface area contributed by atoms with Gasteiger partial charge >= 0.3 is 0 Å². The SMILES string of the molecule is OCCN(CC1CCCC1)CC1CCCN1. The van der Waals surface area contributed by atoms with Crippen molar-refractivity contribution in [2.24, 2.45) is 5.92 Å². The summed E-state index contributed by atoms with van der Waals surface area (Å²) in [6, 6.07) is 0.674.